The molecule has 0 radical (unpaired) electrons. The second-order valence-electron chi connectivity index (χ2n) is 3.59. The first-order valence-corrected chi connectivity index (χ1v) is 4.55. The highest BCUT2D eigenvalue weighted by atomic mass is 19.1. The molecule has 1 aliphatic heterocycles. The Morgan fingerprint density at radius 3 is 2.79 bits per heavy atom. The fourth-order valence-corrected chi connectivity index (χ4v) is 1.64. The molecule has 0 amide bonds. The third kappa shape index (κ3) is 1.61. The summed E-state index contributed by atoms with van der Waals surface area (Å²) in [6.07, 6.45) is 2.73. The van der Waals surface area contributed by atoms with Crippen LogP contribution in [0, 0.1) is 11.7 Å². The van der Waals surface area contributed by atoms with E-state index in [1.54, 1.807) is 6.20 Å². The summed E-state index contributed by atoms with van der Waals surface area (Å²) in [5.41, 5.74) is 12.5. The van der Waals surface area contributed by atoms with Gasteiger partial charge in [-0.25, -0.2) is 15.2 Å². The van der Waals surface area contributed by atoms with Gasteiger partial charge >= 0.3 is 0 Å². The van der Waals surface area contributed by atoms with E-state index in [-0.39, 0.29) is 23.9 Å². The van der Waals surface area contributed by atoms with Crippen molar-refractivity contribution in [3.05, 3.63) is 29.8 Å². The molecule has 2 heterocycles. The van der Waals surface area contributed by atoms with Gasteiger partial charge in [0.15, 0.2) is 0 Å². The lowest BCUT2D eigenvalue weighted by molar-refractivity contribution is 0.460. The molecule has 1 fully saturated rings. The molecule has 0 bridgehead atoms. The number of pyridine rings is 1. The van der Waals surface area contributed by atoms with Crippen molar-refractivity contribution in [1.82, 2.24) is 15.8 Å². The number of nitrogens with two attached hydrogens (primary N) is 1. The Morgan fingerprint density at radius 2 is 2.21 bits per heavy atom. The number of nitrogens with one attached hydrogen (secondary N) is 2. The molecular formula is C9H13FN4. The molecule has 2 rings (SSSR count). The largest absolute Gasteiger partial charge is 0.315 e. The van der Waals surface area contributed by atoms with Crippen LogP contribution in [0.15, 0.2) is 18.5 Å². The van der Waals surface area contributed by atoms with Crippen LogP contribution in [0.1, 0.15) is 18.5 Å². The first-order valence-electron chi connectivity index (χ1n) is 4.55. The number of halogens is 1. The molecule has 1 aliphatic rings. The average molecular weight is 196 g/mol. The molecule has 3 unspecified atom stereocenters. The number of hydrogen-bond acceptors (Lipinski definition) is 4. The molecule has 0 saturated carbocycles. The molecule has 0 aromatic carbocycles. The maximum Gasteiger partial charge on any atom is 0.141 e. The van der Waals surface area contributed by atoms with Gasteiger partial charge in [-0.2, -0.15) is 0 Å². The quantitative estimate of drug-likeness (QED) is 0.604. The minimum absolute atomic E-state index is 0.0215. The summed E-state index contributed by atoms with van der Waals surface area (Å²) in [6, 6.07) is 1.49. The van der Waals surface area contributed by atoms with Crippen molar-refractivity contribution < 1.29 is 4.39 Å². The fraction of sp³-hybridized carbons (Fsp3) is 0.444. The molecule has 1 aromatic rings. The van der Waals surface area contributed by atoms with Gasteiger partial charge in [0.05, 0.1) is 18.4 Å². The molecular weight excluding hydrogens is 183 g/mol. The maximum atomic E-state index is 12.9. The van der Waals surface area contributed by atoms with Crippen molar-refractivity contribution in [2.75, 3.05) is 0 Å². The van der Waals surface area contributed by atoms with E-state index in [0.29, 0.717) is 0 Å². The van der Waals surface area contributed by atoms with E-state index in [0.717, 1.165) is 5.56 Å². The van der Waals surface area contributed by atoms with Gasteiger partial charge in [-0.15, -0.1) is 0 Å². The predicted molar refractivity (Wildman–Crippen MR) is 50.3 cm³/mol. The average Bonchev–Trinajstić information content (AvgIpc) is 2.48. The highest BCUT2D eigenvalue weighted by Crippen LogP contribution is 2.25. The highest BCUT2D eigenvalue weighted by molar-refractivity contribution is 5.17. The van der Waals surface area contributed by atoms with Crippen LogP contribution < -0.4 is 16.6 Å². The number of rotatable bonds is 1. The number of nitrogens with zero attached hydrogens (tertiary/aromatic N) is 1. The lowest BCUT2D eigenvalue weighted by atomic mass is 9.96. The zero-order valence-electron chi connectivity index (χ0n) is 7.87. The van der Waals surface area contributed by atoms with Crippen molar-refractivity contribution in [2.45, 2.75) is 19.1 Å². The number of hydrogen-bond donors (Lipinski definition) is 3. The minimum Gasteiger partial charge on any atom is -0.315 e. The van der Waals surface area contributed by atoms with Crippen LogP contribution in [0.5, 0.6) is 0 Å². The van der Waals surface area contributed by atoms with Crippen molar-refractivity contribution in [3.63, 3.8) is 0 Å². The van der Waals surface area contributed by atoms with Gasteiger partial charge in [0.25, 0.3) is 0 Å². The van der Waals surface area contributed by atoms with Gasteiger partial charge in [-0.05, 0) is 11.6 Å². The van der Waals surface area contributed by atoms with Crippen LogP contribution in [-0.4, -0.2) is 11.1 Å². The van der Waals surface area contributed by atoms with Gasteiger partial charge in [-0.1, -0.05) is 6.92 Å². The lowest BCUT2D eigenvalue weighted by Crippen LogP contribution is -2.38. The third-order valence-corrected chi connectivity index (χ3v) is 2.58. The van der Waals surface area contributed by atoms with Gasteiger partial charge in [0.1, 0.15) is 5.82 Å². The Labute approximate surface area is 81.7 Å². The van der Waals surface area contributed by atoms with Crippen LogP contribution in [-0.2, 0) is 0 Å². The Balaban J connectivity index is 2.23. The first kappa shape index (κ1) is 9.51. The zero-order valence-corrected chi connectivity index (χ0v) is 7.87. The molecule has 14 heavy (non-hydrogen) atoms. The van der Waals surface area contributed by atoms with Crippen LogP contribution in [0.25, 0.3) is 0 Å². The van der Waals surface area contributed by atoms with Gasteiger partial charge in [-0.3, -0.25) is 4.98 Å². The van der Waals surface area contributed by atoms with E-state index >= 15 is 0 Å². The Hall–Kier alpha value is -1.04. The molecule has 1 saturated heterocycles. The summed E-state index contributed by atoms with van der Waals surface area (Å²) in [5.74, 6) is -0.115. The van der Waals surface area contributed by atoms with Gasteiger partial charge in [0.2, 0.25) is 0 Å². The monoisotopic (exact) mass is 196 g/mol. The molecule has 3 atom stereocenters. The normalized spacial score (nSPS) is 32.1. The van der Waals surface area contributed by atoms with E-state index in [1.807, 2.05) is 6.92 Å². The molecule has 1 aromatic heterocycles. The highest BCUT2D eigenvalue weighted by Gasteiger charge is 2.30. The van der Waals surface area contributed by atoms with Gasteiger partial charge < -0.3 is 5.73 Å². The lowest BCUT2D eigenvalue weighted by Gasteiger charge is -2.15. The topological polar surface area (TPSA) is 63.0 Å². The standard InChI is InChI=1S/C9H13FN4/c1-5-8(13-14-9(5)11)6-2-7(10)4-12-3-6/h2-5,8-9,13-14H,11H2,1H3. The van der Waals surface area contributed by atoms with Crippen LogP contribution in [0.3, 0.4) is 0 Å². The minimum atomic E-state index is -0.322. The second kappa shape index (κ2) is 3.61. The number of aromatic nitrogens is 1. The van der Waals surface area contributed by atoms with Crippen LogP contribution >= 0.6 is 0 Å². The third-order valence-electron chi connectivity index (χ3n) is 2.58. The summed E-state index contributed by atoms with van der Waals surface area (Å²) in [4.78, 5) is 3.80. The summed E-state index contributed by atoms with van der Waals surface area (Å²) in [7, 11) is 0. The Morgan fingerprint density at radius 1 is 1.43 bits per heavy atom. The van der Waals surface area contributed by atoms with E-state index in [2.05, 4.69) is 15.8 Å². The predicted octanol–water partition coefficient (Wildman–Crippen LogP) is 0.290. The van der Waals surface area contributed by atoms with Gasteiger partial charge in [0, 0.05) is 12.1 Å². The maximum absolute atomic E-state index is 12.9. The van der Waals surface area contributed by atoms with E-state index < -0.39 is 0 Å². The second-order valence-corrected chi connectivity index (χ2v) is 3.59. The summed E-state index contributed by atoms with van der Waals surface area (Å²) >= 11 is 0. The van der Waals surface area contributed by atoms with Crippen LogP contribution in [0.2, 0.25) is 0 Å². The molecule has 5 heteroatoms. The van der Waals surface area contributed by atoms with Crippen molar-refractivity contribution in [1.29, 1.82) is 0 Å². The Kier molecular flexibility index (Phi) is 2.45. The smallest absolute Gasteiger partial charge is 0.141 e. The van der Waals surface area contributed by atoms with Crippen molar-refractivity contribution in [3.8, 4) is 0 Å². The first-order chi connectivity index (χ1) is 6.68. The summed E-state index contributed by atoms with van der Waals surface area (Å²) < 4.78 is 12.9. The van der Waals surface area contributed by atoms with E-state index in [1.165, 1.54) is 12.3 Å². The van der Waals surface area contributed by atoms with E-state index in [9.17, 15) is 4.39 Å². The van der Waals surface area contributed by atoms with Crippen molar-refractivity contribution >= 4 is 0 Å². The zero-order chi connectivity index (χ0) is 10.1. The fourth-order valence-electron chi connectivity index (χ4n) is 1.64. The summed E-state index contributed by atoms with van der Waals surface area (Å²) in [6.45, 7) is 2.01. The Bertz CT molecular complexity index is 330. The molecule has 4 nitrogen and oxygen atoms in total. The number of hydrazine groups is 1. The molecule has 0 aliphatic carbocycles. The SMILES string of the molecule is CC1C(N)NNC1c1cncc(F)c1. The molecule has 0 spiro atoms. The molecule has 4 N–H and O–H groups in total. The van der Waals surface area contributed by atoms with Crippen LogP contribution in [0.4, 0.5) is 4.39 Å². The van der Waals surface area contributed by atoms with E-state index in [4.69, 9.17) is 5.73 Å². The summed E-state index contributed by atoms with van der Waals surface area (Å²) in [5, 5.41) is 0. The molecule has 76 valence electrons. The van der Waals surface area contributed by atoms with Crippen molar-refractivity contribution in [2.24, 2.45) is 11.7 Å².